The summed E-state index contributed by atoms with van der Waals surface area (Å²) < 4.78 is 5.77. The number of benzene rings is 2. The first-order valence-electron chi connectivity index (χ1n) is 7.77. The maximum Gasteiger partial charge on any atom is 0.259 e. The Morgan fingerprint density at radius 1 is 1.17 bits per heavy atom. The Morgan fingerprint density at radius 2 is 1.91 bits per heavy atom. The molecule has 0 spiro atoms. The summed E-state index contributed by atoms with van der Waals surface area (Å²) in [4.78, 5) is 12.6. The third kappa shape index (κ3) is 4.73. The minimum absolute atomic E-state index is 0.199. The summed E-state index contributed by atoms with van der Waals surface area (Å²) in [7, 11) is 0. The molecule has 0 aliphatic rings. The first-order valence-corrected chi connectivity index (χ1v) is 8.15. The standard InChI is InChI=1S/C19H22ClNO2/c1-13(2)11-12-23-18-10-5-4-7-15(18)19(22)21-17-9-6-8-16(20)14(17)3/h4-10,13H,11-12H2,1-3H3,(H,21,22). The van der Waals surface area contributed by atoms with Gasteiger partial charge in [-0.2, -0.15) is 0 Å². The number of nitrogens with one attached hydrogen (secondary N) is 1. The van der Waals surface area contributed by atoms with Crippen LogP contribution in [0.2, 0.25) is 5.02 Å². The Kier molecular flexibility index (Phi) is 6.05. The van der Waals surface area contributed by atoms with E-state index in [-0.39, 0.29) is 5.91 Å². The van der Waals surface area contributed by atoms with Crippen LogP contribution >= 0.6 is 11.6 Å². The van der Waals surface area contributed by atoms with E-state index in [0.717, 1.165) is 12.0 Å². The fourth-order valence-corrected chi connectivity index (χ4v) is 2.29. The van der Waals surface area contributed by atoms with E-state index in [1.807, 2.05) is 37.3 Å². The van der Waals surface area contributed by atoms with E-state index in [4.69, 9.17) is 16.3 Å². The molecule has 0 atom stereocenters. The van der Waals surface area contributed by atoms with Crippen LogP contribution in [-0.2, 0) is 0 Å². The lowest BCUT2D eigenvalue weighted by Crippen LogP contribution is -2.15. The summed E-state index contributed by atoms with van der Waals surface area (Å²) in [5.41, 5.74) is 2.08. The Balaban J connectivity index is 2.14. The molecule has 0 aliphatic carbocycles. The maximum absolute atomic E-state index is 12.6. The highest BCUT2D eigenvalue weighted by molar-refractivity contribution is 6.31. The van der Waals surface area contributed by atoms with E-state index in [2.05, 4.69) is 19.2 Å². The Hall–Kier alpha value is -2.00. The topological polar surface area (TPSA) is 38.3 Å². The number of hydrogen-bond donors (Lipinski definition) is 1. The van der Waals surface area contributed by atoms with Crippen LogP contribution in [0.25, 0.3) is 0 Å². The van der Waals surface area contributed by atoms with Crippen LogP contribution in [0, 0.1) is 12.8 Å². The third-order valence-electron chi connectivity index (χ3n) is 3.60. The van der Waals surface area contributed by atoms with E-state index in [1.54, 1.807) is 12.1 Å². The van der Waals surface area contributed by atoms with Gasteiger partial charge in [0.25, 0.3) is 5.91 Å². The summed E-state index contributed by atoms with van der Waals surface area (Å²) in [5, 5.41) is 3.53. The highest BCUT2D eigenvalue weighted by atomic mass is 35.5. The Bertz CT molecular complexity index is 683. The van der Waals surface area contributed by atoms with Crippen LogP contribution in [0.15, 0.2) is 42.5 Å². The minimum atomic E-state index is -0.199. The average Bonchev–Trinajstić information content (AvgIpc) is 2.52. The summed E-state index contributed by atoms with van der Waals surface area (Å²) >= 11 is 6.10. The minimum Gasteiger partial charge on any atom is -0.493 e. The zero-order valence-electron chi connectivity index (χ0n) is 13.7. The molecule has 0 unspecified atom stereocenters. The van der Waals surface area contributed by atoms with Gasteiger partial charge in [-0.25, -0.2) is 0 Å². The number of ether oxygens (including phenoxy) is 1. The first kappa shape index (κ1) is 17.4. The zero-order chi connectivity index (χ0) is 16.8. The zero-order valence-corrected chi connectivity index (χ0v) is 14.5. The molecular formula is C19H22ClNO2. The van der Waals surface area contributed by atoms with Gasteiger partial charge in [0.05, 0.1) is 12.2 Å². The van der Waals surface area contributed by atoms with Crippen LogP contribution in [0.4, 0.5) is 5.69 Å². The van der Waals surface area contributed by atoms with Crippen LogP contribution in [0.5, 0.6) is 5.75 Å². The number of hydrogen-bond acceptors (Lipinski definition) is 2. The second-order valence-electron chi connectivity index (χ2n) is 5.89. The molecule has 0 fully saturated rings. The molecule has 23 heavy (non-hydrogen) atoms. The van der Waals surface area contributed by atoms with Crippen LogP contribution in [0.1, 0.15) is 36.2 Å². The van der Waals surface area contributed by atoms with Crippen molar-refractivity contribution >= 4 is 23.2 Å². The first-order chi connectivity index (χ1) is 11.0. The van der Waals surface area contributed by atoms with Crippen molar-refractivity contribution in [1.29, 1.82) is 0 Å². The smallest absolute Gasteiger partial charge is 0.259 e. The molecule has 0 saturated heterocycles. The highest BCUT2D eigenvalue weighted by Crippen LogP contribution is 2.25. The van der Waals surface area contributed by atoms with Gasteiger partial charge in [0, 0.05) is 10.7 Å². The summed E-state index contributed by atoms with van der Waals surface area (Å²) in [6.45, 7) is 6.76. The monoisotopic (exact) mass is 331 g/mol. The lowest BCUT2D eigenvalue weighted by molar-refractivity contribution is 0.102. The van der Waals surface area contributed by atoms with Gasteiger partial charge in [0.15, 0.2) is 0 Å². The molecule has 0 aliphatic heterocycles. The molecule has 3 nitrogen and oxygen atoms in total. The van der Waals surface area contributed by atoms with Gasteiger partial charge in [-0.1, -0.05) is 43.6 Å². The second kappa shape index (κ2) is 8.02. The van der Waals surface area contributed by atoms with Crippen molar-refractivity contribution in [2.75, 3.05) is 11.9 Å². The quantitative estimate of drug-likeness (QED) is 0.777. The van der Waals surface area contributed by atoms with Crippen LogP contribution in [0.3, 0.4) is 0 Å². The van der Waals surface area contributed by atoms with E-state index in [9.17, 15) is 4.79 Å². The van der Waals surface area contributed by atoms with Gasteiger partial charge in [-0.3, -0.25) is 4.79 Å². The predicted octanol–water partition coefficient (Wildman–Crippen LogP) is 5.33. The van der Waals surface area contributed by atoms with Gasteiger partial charge in [-0.05, 0) is 49.1 Å². The SMILES string of the molecule is Cc1c(Cl)cccc1NC(=O)c1ccccc1OCCC(C)C. The van der Waals surface area contributed by atoms with Crippen LogP contribution < -0.4 is 10.1 Å². The normalized spacial score (nSPS) is 10.7. The van der Waals surface area contributed by atoms with Crippen molar-refractivity contribution in [3.05, 3.63) is 58.6 Å². The average molecular weight is 332 g/mol. The van der Waals surface area contributed by atoms with Crippen molar-refractivity contribution in [2.24, 2.45) is 5.92 Å². The van der Waals surface area contributed by atoms with Crippen LogP contribution in [-0.4, -0.2) is 12.5 Å². The van der Waals surface area contributed by atoms with Crippen molar-refractivity contribution in [3.8, 4) is 5.75 Å². The lowest BCUT2D eigenvalue weighted by Gasteiger charge is -2.14. The molecule has 2 rings (SSSR count). The van der Waals surface area contributed by atoms with E-state index < -0.39 is 0 Å². The maximum atomic E-state index is 12.6. The summed E-state index contributed by atoms with van der Waals surface area (Å²) in [6, 6.07) is 12.7. The van der Waals surface area contributed by atoms with Gasteiger partial charge < -0.3 is 10.1 Å². The molecule has 4 heteroatoms. The Morgan fingerprint density at radius 3 is 2.65 bits per heavy atom. The molecule has 1 amide bonds. The van der Waals surface area contributed by atoms with Crippen molar-refractivity contribution < 1.29 is 9.53 Å². The summed E-state index contributed by atoms with van der Waals surface area (Å²) in [6.07, 6.45) is 0.948. The van der Waals surface area contributed by atoms with E-state index in [0.29, 0.717) is 34.5 Å². The van der Waals surface area contributed by atoms with Gasteiger partial charge >= 0.3 is 0 Å². The fraction of sp³-hybridized carbons (Fsp3) is 0.316. The molecule has 0 saturated carbocycles. The molecule has 2 aromatic carbocycles. The Labute approximate surface area is 142 Å². The molecule has 0 aromatic heterocycles. The number of para-hydroxylation sites is 1. The molecule has 0 radical (unpaired) electrons. The molecule has 122 valence electrons. The highest BCUT2D eigenvalue weighted by Gasteiger charge is 2.14. The van der Waals surface area contributed by atoms with Crippen molar-refractivity contribution in [1.82, 2.24) is 0 Å². The second-order valence-corrected chi connectivity index (χ2v) is 6.30. The summed E-state index contributed by atoms with van der Waals surface area (Å²) in [5.74, 6) is 0.964. The van der Waals surface area contributed by atoms with Gasteiger partial charge in [0.1, 0.15) is 5.75 Å². The molecule has 0 heterocycles. The number of anilines is 1. The number of carbonyl (C=O) groups is 1. The predicted molar refractivity (Wildman–Crippen MR) is 95.5 cm³/mol. The number of amides is 1. The van der Waals surface area contributed by atoms with E-state index >= 15 is 0 Å². The van der Waals surface area contributed by atoms with E-state index in [1.165, 1.54) is 0 Å². The number of carbonyl (C=O) groups excluding carboxylic acids is 1. The molecular weight excluding hydrogens is 310 g/mol. The number of halogens is 1. The van der Waals surface area contributed by atoms with Gasteiger partial charge in [-0.15, -0.1) is 0 Å². The fourth-order valence-electron chi connectivity index (χ4n) is 2.12. The molecule has 1 N–H and O–H groups in total. The van der Waals surface area contributed by atoms with Crippen molar-refractivity contribution in [2.45, 2.75) is 27.2 Å². The van der Waals surface area contributed by atoms with Gasteiger partial charge in [0.2, 0.25) is 0 Å². The third-order valence-corrected chi connectivity index (χ3v) is 4.01. The molecule has 0 bridgehead atoms. The molecule has 2 aromatic rings. The lowest BCUT2D eigenvalue weighted by atomic mass is 10.1. The largest absolute Gasteiger partial charge is 0.493 e. The number of rotatable bonds is 6. The van der Waals surface area contributed by atoms with Crippen molar-refractivity contribution in [3.63, 3.8) is 0 Å².